The average Bonchev–Trinajstić information content (AvgIpc) is 3.31. The van der Waals surface area contributed by atoms with E-state index in [0.717, 1.165) is 23.5 Å². The minimum absolute atomic E-state index is 0.0155. The molecular formula is C25H29F2N5O3S. The highest BCUT2D eigenvalue weighted by Gasteiger charge is 2.25. The fourth-order valence-electron chi connectivity index (χ4n) is 3.56. The number of thiophene rings is 1. The highest BCUT2D eigenvalue weighted by Crippen LogP contribution is 2.39. The van der Waals surface area contributed by atoms with Gasteiger partial charge in [-0.2, -0.15) is 0 Å². The summed E-state index contributed by atoms with van der Waals surface area (Å²) in [7, 11) is 1.74. The lowest BCUT2D eigenvalue weighted by molar-refractivity contribution is 0.0778. The molecule has 0 aliphatic carbocycles. The molecule has 1 aromatic heterocycles. The quantitative estimate of drug-likeness (QED) is 0.378. The normalized spacial score (nSPS) is 14.7. The fourth-order valence-corrected chi connectivity index (χ4v) is 4.69. The van der Waals surface area contributed by atoms with Crippen molar-refractivity contribution in [2.24, 2.45) is 11.5 Å². The summed E-state index contributed by atoms with van der Waals surface area (Å²) in [5.41, 5.74) is 10.5. The third kappa shape index (κ3) is 6.10. The van der Waals surface area contributed by atoms with E-state index < -0.39 is 23.1 Å². The van der Waals surface area contributed by atoms with Gasteiger partial charge in [-0.05, 0) is 49.3 Å². The first-order chi connectivity index (χ1) is 16.8. The molecule has 11 heteroatoms. The SMILES string of the molecule is C=C(/C=C\C=C(/N)Nc1sc(-c2c(F)cc(C(C)(C)O)cc2F)cc1C(N)=O)CN1CCN(C)C1=O. The van der Waals surface area contributed by atoms with E-state index in [1.807, 2.05) is 0 Å². The first-order valence-electron chi connectivity index (χ1n) is 11.0. The largest absolute Gasteiger partial charge is 0.386 e. The van der Waals surface area contributed by atoms with Crippen LogP contribution in [-0.2, 0) is 5.60 Å². The number of nitrogens with two attached hydrogens (primary N) is 2. The Labute approximate surface area is 212 Å². The van der Waals surface area contributed by atoms with Crippen molar-refractivity contribution in [2.75, 3.05) is 32.0 Å². The average molecular weight is 518 g/mol. The number of carbonyl (C=O) groups excluding carboxylic acids is 2. The molecule has 3 amide bonds. The number of aliphatic hydroxyl groups is 1. The van der Waals surface area contributed by atoms with Gasteiger partial charge in [-0.15, -0.1) is 11.3 Å². The predicted octanol–water partition coefficient (Wildman–Crippen LogP) is 3.71. The summed E-state index contributed by atoms with van der Waals surface area (Å²) in [4.78, 5) is 27.4. The van der Waals surface area contributed by atoms with Gasteiger partial charge in [0.1, 0.15) is 22.5 Å². The molecule has 1 aromatic carbocycles. The Morgan fingerprint density at radius 1 is 1.25 bits per heavy atom. The van der Waals surface area contributed by atoms with Gasteiger partial charge in [-0.1, -0.05) is 18.7 Å². The number of rotatable bonds is 9. The number of primary amides is 1. The molecule has 2 aromatic rings. The molecule has 1 aliphatic heterocycles. The van der Waals surface area contributed by atoms with Gasteiger partial charge in [-0.3, -0.25) is 4.79 Å². The molecule has 0 spiro atoms. The van der Waals surface area contributed by atoms with E-state index in [1.54, 1.807) is 29.0 Å². The van der Waals surface area contributed by atoms with Gasteiger partial charge >= 0.3 is 6.03 Å². The molecule has 192 valence electrons. The predicted molar refractivity (Wildman–Crippen MR) is 137 cm³/mol. The Morgan fingerprint density at radius 2 is 1.89 bits per heavy atom. The smallest absolute Gasteiger partial charge is 0.320 e. The van der Waals surface area contributed by atoms with Crippen molar-refractivity contribution in [3.05, 3.63) is 77.2 Å². The second-order valence-corrected chi connectivity index (χ2v) is 10.0. The van der Waals surface area contributed by atoms with Gasteiger partial charge in [-0.25, -0.2) is 13.6 Å². The van der Waals surface area contributed by atoms with Crippen LogP contribution >= 0.6 is 11.3 Å². The van der Waals surface area contributed by atoms with Gasteiger partial charge in [0.05, 0.1) is 16.7 Å². The van der Waals surface area contributed by atoms with E-state index in [1.165, 1.54) is 26.0 Å². The molecule has 0 bridgehead atoms. The van der Waals surface area contributed by atoms with E-state index in [-0.39, 0.29) is 38.4 Å². The highest BCUT2D eigenvalue weighted by molar-refractivity contribution is 7.19. The minimum atomic E-state index is -1.43. The molecule has 0 unspecified atom stereocenters. The van der Waals surface area contributed by atoms with Crippen molar-refractivity contribution in [1.82, 2.24) is 9.80 Å². The lowest BCUT2D eigenvalue weighted by atomic mass is 9.96. The van der Waals surface area contributed by atoms with Crippen molar-refractivity contribution in [1.29, 1.82) is 0 Å². The van der Waals surface area contributed by atoms with Crippen molar-refractivity contribution < 1.29 is 23.5 Å². The standard InChI is InChI=1S/C25H29F2N5O3S/c1-14(13-32-9-8-31(4)24(32)34)6-5-7-20(28)30-23-16(22(29)33)12-19(36-23)21-17(26)10-15(11-18(21)27)25(2,3)35/h5-7,10-12,30,35H,1,8-9,13,28H2,2-4H3,(H2,29,33)/b6-5-,20-7+. The molecule has 0 atom stereocenters. The number of carbonyl (C=O) groups is 2. The second-order valence-electron chi connectivity index (χ2n) is 8.98. The van der Waals surface area contributed by atoms with Gasteiger partial charge < -0.3 is 31.7 Å². The number of anilines is 1. The van der Waals surface area contributed by atoms with Crippen LogP contribution in [0.15, 0.2) is 54.4 Å². The van der Waals surface area contributed by atoms with Gasteiger partial charge in [0, 0.05) is 31.6 Å². The number of allylic oxidation sites excluding steroid dienone is 2. The van der Waals surface area contributed by atoms with Crippen molar-refractivity contribution >= 4 is 28.3 Å². The molecule has 1 aliphatic rings. The van der Waals surface area contributed by atoms with E-state index in [9.17, 15) is 23.5 Å². The molecule has 8 nitrogen and oxygen atoms in total. The Morgan fingerprint density at radius 3 is 2.42 bits per heavy atom. The number of halogens is 2. The summed E-state index contributed by atoms with van der Waals surface area (Å²) in [6, 6.07) is 3.33. The summed E-state index contributed by atoms with van der Waals surface area (Å²) < 4.78 is 29.6. The molecule has 6 N–H and O–H groups in total. The molecular weight excluding hydrogens is 488 g/mol. The van der Waals surface area contributed by atoms with Crippen LogP contribution in [0.25, 0.3) is 10.4 Å². The van der Waals surface area contributed by atoms with Crippen molar-refractivity contribution in [3.8, 4) is 10.4 Å². The van der Waals surface area contributed by atoms with Gasteiger partial charge in [0.15, 0.2) is 0 Å². The van der Waals surface area contributed by atoms with Gasteiger partial charge in [0.2, 0.25) is 0 Å². The minimum Gasteiger partial charge on any atom is -0.386 e. The summed E-state index contributed by atoms with van der Waals surface area (Å²) in [6.45, 7) is 8.44. The van der Waals surface area contributed by atoms with E-state index in [4.69, 9.17) is 11.5 Å². The second kappa shape index (κ2) is 10.5. The number of hydrogen-bond donors (Lipinski definition) is 4. The number of nitrogens with zero attached hydrogens (tertiary/aromatic N) is 2. The fraction of sp³-hybridized carbons (Fsp3) is 0.280. The number of likely N-dealkylation sites (N-methyl/N-ethyl adjacent to an activating group) is 1. The van der Waals surface area contributed by atoms with Gasteiger partial charge in [0.25, 0.3) is 5.91 Å². The molecule has 1 saturated heterocycles. The monoisotopic (exact) mass is 517 g/mol. The van der Waals surface area contributed by atoms with Crippen molar-refractivity contribution in [2.45, 2.75) is 19.4 Å². The summed E-state index contributed by atoms with van der Waals surface area (Å²) in [5.74, 6) is -2.43. The molecule has 1 fully saturated rings. The Kier molecular flexibility index (Phi) is 7.85. The molecule has 0 saturated carbocycles. The Hall–Kier alpha value is -3.70. The summed E-state index contributed by atoms with van der Waals surface area (Å²) in [6.07, 6.45) is 4.85. The number of benzene rings is 1. The molecule has 0 radical (unpaired) electrons. The van der Waals surface area contributed by atoms with Crippen LogP contribution in [0, 0.1) is 11.6 Å². The van der Waals surface area contributed by atoms with Crippen LogP contribution < -0.4 is 16.8 Å². The lowest BCUT2D eigenvalue weighted by Crippen LogP contribution is -2.30. The van der Waals surface area contributed by atoms with Crippen LogP contribution in [0.3, 0.4) is 0 Å². The number of amides is 3. The number of hydrogen-bond acceptors (Lipinski definition) is 6. The number of urea groups is 1. The molecule has 36 heavy (non-hydrogen) atoms. The highest BCUT2D eigenvalue weighted by atomic mass is 32.1. The van der Waals surface area contributed by atoms with Crippen LogP contribution in [-0.4, -0.2) is 53.5 Å². The number of nitrogens with one attached hydrogen (secondary N) is 1. The zero-order chi connectivity index (χ0) is 26.8. The van der Waals surface area contributed by atoms with Crippen LogP contribution in [0.2, 0.25) is 0 Å². The maximum absolute atomic E-state index is 14.8. The lowest BCUT2D eigenvalue weighted by Gasteiger charge is -2.18. The topological polar surface area (TPSA) is 125 Å². The zero-order valence-electron chi connectivity index (χ0n) is 20.3. The van der Waals surface area contributed by atoms with E-state index >= 15 is 0 Å². The Bertz CT molecular complexity index is 1240. The van der Waals surface area contributed by atoms with Crippen LogP contribution in [0.4, 0.5) is 18.6 Å². The third-order valence-electron chi connectivity index (χ3n) is 5.55. The third-order valence-corrected chi connectivity index (χ3v) is 6.62. The maximum Gasteiger partial charge on any atom is 0.320 e. The van der Waals surface area contributed by atoms with Crippen molar-refractivity contribution in [3.63, 3.8) is 0 Å². The molecule has 3 rings (SSSR count). The zero-order valence-corrected chi connectivity index (χ0v) is 21.1. The first-order valence-corrected chi connectivity index (χ1v) is 11.8. The van der Waals surface area contributed by atoms with E-state index in [2.05, 4.69) is 11.9 Å². The van der Waals surface area contributed by atoms with E-state index in [0.29, 0.717) is 25.2 Å². The molecule has 2 heterocycles. The maximum atomic E-state index is 14.8. The van der Waals surface area contributed by atoms with Crippen LogP contribution in [0.1, 0.15) is 29.8 Å². The summed E-state index contributed by atoms with van der Waals surface area (Å²) in [5, 5.41) is 13.1. The summed E-state index contributed by atoms with van der Waals surface area (Å²) >= 11 is 0.907. The van der Waals surface area contributed by atoms with Crippen LogP contribution in [0.5, 0.6) is 0 Å². The Balaban J connectivity index is 1.78. The first kappa shape index (κ1) is 26.9.